The third-order valence-electron chi connectivity index (χ3n) is 6.22. The molecule has 1 fully saturated rings. The van der Waals surface area contributed by atoms with E-state index in [2.05, 4.69) is 15.0 Å². The summed E-state index contributed by atoms with van der Waals surface area (Å²) in [6, 6.07) is 2.87. The quantitative estimate of drug-likeness (QED) is 0.325. The summed E-state index contributed by atoms with van der Waals surface area (Å²) >= 11 is 0.789. The van der Waals surface area contributed by atoms with Gasteiger partial charge in [-0.2, -0.15) is 12.7 Å². The van der Waals surface area contributed by atoms with Crippen molar-refractivity contribution in [3.8, 4) is 5.75 Å². The third kappa shape index (κ3) is 5.71. The van der Waals surface area contributed by atoms with Gasteiger partial charge >= 0.3 is 5.97 Å². The lowest BCUT2D eigenvalue weighted by Crippen LogP contribution is -2.34. The second-order valence-electron chi connectivity index (χ2n) is 9.50. The standard InChI is InChI=1S/C24H32N4O8S3/c1-6-28(15-9-10-15)39(33,34)24-20(29)16(12-37-24)25-19-21(23(30)35-7-2)38(31,32)27-22(19)26-18(13(3)4)17-11-8-14(5)36-17/h8,11-13,15,18,25,29H,6-7,9-10H2,1-5H3,(H,26,27)/t18-/m1/s1. The van der Waals surface area contributed by atoms with E-state index in [1.807, 2.05) is 13.8 Å². The molecule has 3 N–H and O–H groups in total. The first kappa shape index (κ1) is 29.1. The van der Waals surface area contributed by atoms with Crippen LogP contribution in [0.4, 0.5) is 5.69 Å². The molecule has 0 unspecified atom stereocenters. The Hall–Kier alpha value is -2.88. The van der Waals surface area contributed by atoms with Gasteiger partial charge in [-0.1, -0.05) is 20.8 Å². The van der Waals surface area contributed by atoms with Gasteiger partial charge in [0.2, 0.25) is 4.91 Å². The lowest BCUT2D eigenvalue weighted by molar-refractivity contribution is -0.137. The highest BCUT2D eigenvalue weighted by atomic mass is 32.2. The van der Waals surface area contributed by atoms with Crippen molar-refractivity contribution in [2.75, 3.05) is 18.5 Å². The number of esters is 1. The molecular weight excluding hydrogens is 568 g/mol. The van der Waals surface area contributed by atoms with Gasteiger partial charge in [0.15, 0.2) is 15.8 Å². The number of carbonyl (C=O) groups excluding carboxylic acids is 1. The fraction of sp³-hybridized carbons (Fsp3) is 0.500. The van der Waals surface area contributed by atoms with Crippen LogP contribution in [0.15, 0.2) is 41.1 Å². The van der Waals surface area contributed by atoms with E-state index < -0.39 is 42.7 Å². The van der Waals surface area contributed by atoms with Crippen molar-refractivity contribution in [3.05, 3.63) is 39.6 Å². The maximum absolute atomic E-state index is 13.2. The Kier molecular flexibility index (Phi) is 8.17. The van der Waals surface area contributed by atoms with Gasteiger partial charge in [0.05, 0.1) is 18.3 Å². The van der Waals surface area contributed by atoms with E-state index in [9.17, 15) is 26.7 Å². The Balaban J connectivity index is 1.76. The second kappa shape index (κ2) is 10.9. The van der Waals surface area contributed by atoms with Crippen LogP contribution in [0.3, 0.4) is 0 Å². The maximum atomic E-state index is 13.2. The topological polar surface area (TPSA) is 168 Å². The Labute approximate surface area is 231 Å². The molecule has 214 valence electrons. The fourth-order valence-corrected chi connectivity index (χ4v) is 8.43. The molecule has 0 saturated heterocycles. The summed E-state index contributed by atoms with van der Waals surface area (Å²) in [5, 5.41) is 18.1. The van der Waals surface area contributed by atoms with E-state index in [0.29, 0.717) is 11.5 Å². The number of hydrogen-bond donors (Lipinski definition) is 3. The molecule has 0 bridgehead atoms. The van der Waals surface area contributed by atoms with Crippen molar-refractivity contribution in [1.29, 1.82) is 0 Å². The number of rotatable bonds is 11. The molecule has 4 rings (SSSR count). The van der Waals surface area contributed by atoms with Gasteiger partial charge in [-0.15, -0.1) is 15.7 Å². The fourth-order valence-electron chi connectivity index (χ4n) is 4.23. The molecule has 39 heavy (non-hydrogen) atoms. The van der Waals surface area contributed by atoms with Crippen LogP contribution in [0.1, 0.15) is 58.1 Å². The van der Waals surface area contributed by atoms with Gasteiger partial charge in [0.1, 0.15) is 17.2 Å². The number of amidine groups is 1. The maximum Gasteiger partial charge on any atom is 0.354 e. The number of sulfonamides is 2. The van der Waals surface area contributed by atoms with Gasteiger partial charge in [0.25, 0.3) is 20.0 Å². The summed E-state index contributed by atoms with van der Waals surface area (Å²) in [4.78, 5) is 12.0. The van der Waals surface area contributed by atoms with Crippen molar-refractivity contribution >= 4 is 48.9 Å². The first-order valence-corrected chi connectivity index (χ1v) is 16.3. The van der Waals surface area contributed by atoms with Crippen molar-refractivity contribution in [3.63, 3.8) is 0 Å². The predicted octanol–water partition coefficient (Wildman–Crippen LogP) is 3.44. The monoisotopic (exact) mass is 600 g/mol. The molecular formula is C24H32N4O8S3. The average molecular weight is 601 g/mol. The molecule has 0 aromatic carbocycles. The molecule has 2 aromatic rings. The molecule has 1 aliphatic carbocycles. The summed E-state index contributed by atoms with van der Waals surface area (Å²) < 4.78 is 68.1. The van der Waals surface area contributed by atoms with Gasteiger partial charge in [-0.3, -0.25) is 0 Å². The van der Waals surface area contributed by atoms with Crippen molar-refractivity contribution in [2.24, 2.45) is 10.3 Å². The first-order chi connectivity index (χ1) is 18.3. The first-order valence-electron chi connectivity index (χ1n) is 12.5. The number of aryl methyl sites for hydroxylation is 1. The molecule has 0 radical (unpaired) electrons. The number of furan rings is 1. The van der Waals surface area contributed by atoms with E-state index in [0.717, 1.165) is 24.2 Å². The normalized spacial score (nSPS) is 18.0. The Bertz CT molecular complexity index is 1530. The molecule has 2 aromatic heterocycles. The highest BCUT2D eigenvalue weighted by molar-refractivity contribution is 7.95. The Morgan fingerprint density at radius 3 is 2.54 bits per heavy atom. The van der Waals surface area contributed by atoms with Crippen LogP contribution in [-0.2, 0) is 29.6 Å². The van der Waals surface area contributed by atoms with Crippen molar-refractivity contribution in [2.45, 2.75) is 63.8 Å². The summed E-state index contributed by atoms with van der Waals surface area (Å²) in [7, 11) is -8.49. The van der Waals surface area contributed by atoms with Crippen LogP contribution in [0.2, 0.25) is 0 Å². The number of anilines is 1. The van der Waals surface area contributed by atoms with Gasteiger partial charge in [-0.05, 0) is 44.7 Å². The van der Waals surface area contributed by atoms with Crippen LogP contribution in [0.25, 0.3) is 0 Å². The lowest BCUT2D eigenvalue weighted by Gasteiger charge is -2.22. The summed E-state index contributed by atoms with van der Waals surface area (Å²) in [6.07, 6.45) is 1.49. The Morgan fingerprint density at radius 2 is 2.00 bits per heavy atom. The molecule has 0 amide bonds. The largest absolute Gasteiger partial charge is 0.504 e. The number of aromatic hydroxyl groups is 1. The Morgan fingerprint density at radius 1 is 1.31 bits per heavy atom. The van der Waals surface area contributed by atoms with E-state index in [1.165, 1.54) is 16.6 Å². The van der Waals surface area contributed by atoms with Crippen LogP contribution in [0.5, 0.6) is 5.75 Å². The minimum Gasteiger partial charge on any atom is -0.504 e. The number of nitrogens with zero attached hydrogens (tertiary/aromatic N) is 2. The SMILES string of the molecule is CCOC(=O)C1=C(Nc2csc(S(=O)(=O)N(CC)C3CC3)c2O)C(N[C@@H](c2ccc(C)o2)C(C)C)=NS1(=O)=O. The number of nitrogens with one attached hydrogen (secondary N) is 2. The average Bonchev–Trinajstić information content (AvgIpc) is 3.37. The van der Waals surface area contributed by atoms with E-state index in [1.54, 1.807) is 26.0 Å². The molecule has 2 aliphatic rings. The molecule has 0 spiro atoms. The van der Waals surface area contributed by atoms with E-state index >= 15 is 0 Å². The van der Waals surface area contributed by atoms with E-state index in [4.69, 9.17) is 9.15 Å². The van der Waals surface area contributed by atoms with Gasteiger partial charge < -0.3 is 24.9 Å². The molecule has 1 saturated carbocycles. The highest BCUT2D eigenvalue weighted by Gasteiger charge is 2.42. The smallest absolute Gasteiger partial charge is 0.354 e. The molecule has 1 atom stereocenters. The summed E-state index contributed by atoms with van der Waals surface area (Å²) in [5.41, 5.74) is -0.363. The van der Waals surface area contributed by atoms with Crippen LogP contribution in [-0.4, -0.2) is 57.2 Å². The zero-order valence-corrected chi connectivity index (χ0v) is 24.7. The minimum absolute atomic E-state index is 0.0890. The second-order valence-corrected chi connectivity index (χ2v) is 14.0. The summed E-state index contributed by atoms with van der Waals surface area (Å²) in [6.45, 7) is 8.97. The summed E-state index contributed by atoms with van der Waals surface area (Å²) in [5.74, 6) is -0.831. The van der Waals surface area contributed by atoms with Crippen LogP contribution < -0.4 is 10.6 Å². The van der Waals surface area contributed by atoms with Crippen molar-refractivity contribution < 1.29 is 35.9 Å². The number of thiophene rings is 1. The molecule has 15 heteroatoms. The number of hydrogen-bond acceptors (Lipinski definition) is 11. The van der Waals surface area contributed by atoms with Gasteiger partial charge in [0, 0.05) is 18.0 Å². The lowest BCUT2D eigenvalue weighted by atomic mass is 10.0. The number of carbonyl (C=O) groups is 1. The zero-order valence-electron chi connectivity index (χ0n) is 22.2. The van der Waals surface area contributed by atoms with Crippen molar-refractivity contribution in [1.82, 2.24) is 9.62 Å². The number of ether oxygens (including phenoxy) is 1. The van der Waals surface area contributed by atoms with Gasteiger partial charge in [-0.25, -0.2) is 13.2 Å². The van der Waals surface area contributed by atoms with E-state index in [-0.39, 0.29) is 46.5 Å². The van der Waals surface area contributed by atoms with Crippen LogP contribution in [0, 0.1) is 12.8 Å². The highest BCUT2D eigenvalue weighted by Crippen LogP contribution is 2.43. The zero-order chi connectivity index (χ0) is 28.7. The molecule has 3 heterocycles. The molecule has 1 aliphatic heterocycles. The minimum atomic E-state index is -4.50. The van der Waals surface area contributed by atoms with Crippen LogP contribution >= 0.6 is 11.3 Å². The predicted molar refractivity (Wildman–Crippen MR) is 146 cm³/mol. The molecule has 12 nitrogen and oxygen atoms in total. The third-order valence-corrected chi connectivity index (χ3v) is 11.0.